The molecule has 2 rings (SSSR count). The SMILES string of the molecule is O=S(=O)(Cl)c1ccc(N2CCOCC2)o1. The van der Waals surface area contributed by atoms with Gasteiger partial charge in [-0.3, -0.25) is 0 Å². The fraction of sp³-hybridized carbons (Fsp3) is 0.500. The van der Waals surface area contributed by atoms with E-state index in [-0.39, 0.29) is 5.09 Å². The van der Waals surface area contributed by atoms with Crippen LogP contribution in [0.1, 0.15) is 0 Å². The van der Waals surface area contributed by atoms with Gasteiger partial charge < -0.3 is 14.1 Å². The maximum atomic E-state index is 11.0. The van der Waals surface area contributed by atoms with Crippen LogP contribution in [0.15, 0.2) is 21.6 Å². The Morgan fingerprint density at radius 3 is 2.47 bits per heavy atom. The summed E-state index contributed by atoms with van der Waals surface area (Å²) in [6.07, 6.45) is 0. The molecule has 5 nitrogen and oxygen atoms in total. The summed E-state index contributed by atoms with van der Waals surface area (Å²) in [7, 11) is 1.37. The zero-order valence-electron chi connectivity index (χ0n) is 7.85. The monoisotopic (exact) mass is 251 g/mol. The summed E-state index contributed by atoms with van der Waals surface area (Å²) in [5.74, 6) is 0.512. The molecule has 0 aliphatic carbocycles. The Balaban J connectivity index is 2.19. The summed E-state index contributed by atoms with van der Waals surface area (Å²) in [5.41, 5.74) is 0. The molecule has 2 heterocycles. The van der Waals surface area contributed by atoms with Crippen molar-refractivity contribution in [1.82, 2.24) is 0 Å². The fourth-order valence-electron chi connectivity index (χ4n) is 1.40. The lowest BCUT2D eigenvalue weighted by molar-refractivity contribution is 0.120. The minimum atomic E-state index is -3.77. The number of hydrogen-bond donors (Lipinski definition) is 0. The third kappa shape index (κ3) is 2.45. The van der Waals surface area contributed by atoms with Crippen molar-refractivity contribution in [2.45, 2.75) is 5.09 Å². The van der Waals surface area contributed by atoms with Crippen LogP contribution in [0.2, 0.25) is 0 Å². The normalized spacial score (nSPS) is 18.1. The van der Waals surface area contributed by atoms with Gasteiger partial charge in [0.25, 0.3) is 9.05 Å². The lowest BCUT2D eigenvalue weighted by atomic mass is 10.4. The minimum Gasteiger partial charge on any atom is -0.428 e. The first-order valence-electron chi connectivity index (χ1n) is 4.44. The number of anilines is 1. The van der Waals surface area contributed by atoms with Crippen LogP contribution in [0.3, 0.4) is 0 Å². The summed E-state index contributed by atoms with van der Waals surface area (Å²) in [6.45, 7) is 2.61. The van der Waals surface area contributed by atoms with Gasteiger partial charge in [-0.1, -0.05) is 0 Å². The molecular weight excluding hydrogens is 242 g/mol. The van der Waals surface area contributed by atoms with Crippen LogP contribution in [0, 0.1) is 0 Å². The first kappa shape index (κ1) is 10.8. The first-order valence-corrected chi connectivity index (χ1v) is 6.75. The van der Waals surface area contributed by atoms with E-state index in [0.29, 0.717) is 32.2 Å². The summed E-state index contributed by atoms with van der Waals surface area (Å²) in [4.78, 5) is 1.91. The van der Waals surface area contributed by atoms with E-state index >= 15 is 0 Å². The van der Waals surface area contributed by atoms with E-state index in [0.717, 1.165) is 0 Å². The molecule has 1 aliphatic heterocycles. The van der Waals surface area contributed by atoms with Crippen LogP contribution >= 0.6 is 10.7 Å². The molecule has 7 heteroatoms. The van der Waals surface area contributed by atoms with Crippen LogP contribution in [-0.4, -0.2) is 34.7 Å². The quantitative estimate of drug-likeness (QED) is 0.735. The molecule has 0 atom stereocenters. The average Bonchev–Trinajstić information content (AvgIpc) is 2.67. The molecule has 0 bridgehead atoms. The molecule has 0 N–H and O–H groups in total. The van der Waals surface area contributed by atoms with Gasteiger partial charge in [-0.15, -0.1) is 0 Å². The molecule has 0 amide bonds. The zero-order valence-corrected chi connectivity index (χ0v) is 9.42. The van der Waals surface area contributed by atoms with Crippen LogP contribution in [0.4, 0.5) is 5.88 Å². The highest BCUT2D eigenvalue weighted by Gasteiger charge is 2.19. The Hall–Kier alpha value is -0.720. The summed E-state index contributed by atoms with van der Waals surface area (Å²) < 4.78 is 32.2. The number of hydrogen-bond acceptors (Lipinski definition) is 5. The Bertz CT molecular complexity index is 435. The van der Waals surface area contributed by atoms with Gasteiger partial charge in [-0.25, -0.2) is 8.42 Å². The van der Waals surface area contributed by atoms with Gasteiger partial charge in [-0.05, 0) is 6.07 Å². The number of morpholine rings is 1. The summed E-state index contributed by atoms with van der Waals surface area (Å²) >= 11 is 0. The number of nitrogens with zero attached hydrogens (tertiary/aromatic N) is 1. The lowest BCUT2D eigenvalue weighted by Gasteiger charge is -2.26. The van der Waals surface area contributed by atoms with E-state index in [1.165, 1.54) is 6.07 Å². The van der Waals surface area contributed by atoms with E-state index in [1.807, 2.05) is 4.90 Å². The highest BCUT2D eigenvalue weighted by molar-refractivity contribution is 8.13. The molecule has 0 aromatic carbocycles. The van der Waals surface area contributed by atoms with Gasteiger partial charge in [0.15, 0.2) is 5.88 Å². The van der Waals surface area contributed by atoms with Crippen molar-refractivity contribution in [3.05, 3.63) is 12.1 Å². The van der Waals surface area contributed by atoms with Gasteiger partial charge in [0.1, 0.15) is 0 Å². The molecule has 1 saturated heterocycles. The van der Waals surface area contributed by atoms with E-state index in [4.69, 9.17) is 19.8 Å². The Kier molecular flexibility index (Phi) is 2.90. The average molecular weight is 252 g/mol. The number of rotatable bonds is 2. The molecule has 15 heavy (non-hydrogen) atoms. The number of halogens is 1. The largest absolute Gasteiger partial charge is 0.428 e. The van der Waals surface area contributed by atoms with Gasteiger partial charge in [0.05, 0.1) is 13.2 Å². The minimum absolute atomic E-state index is 0.217. The van der Waals surface area contributed by atoms with Crippen molar-refractivity contribution in [3.63, 3.8) is 0 Å². The molecule has 0 spiro atoms. The summed E-state index contributed by atoms with van der Waals surface area (Å²) in [5, 5.41) is -0.217. The topological polar surface area (TPSA) is 59.8 Å². The molecule has 0 unspecified atom stereocenters. The zero-order chi connectivity index (χ0) is 10.9. The van der Waals surface area contributed by atoms with E-state index < -0.39 is 9.05 Å². The van der Waals surface area contributed by atoms with E-state index in [1.54, 1.807) is 6.07 Å². The van der Waals surface area contributed by atoms with Crippen LogP contribution in [-0.2, 0) is 13.8 Å². The third-order valence-corrected chi connectivity index (χ3v) is 3.29. The van der Waals surface area contributed by atoms with Gasteiger partial charge in [0, 0.05) is 29.8 Å². The lowest BCUT2D eigenvalue weighted by Crippen LogP contribution is -2.35. The van der Waals surface area contributed by atoms with Crippen LogP contribution in [0.25, 0.3) is 0 Å². The third-order valence-electron chi connectivity index (χ3n) is 2.13. The number of ether oxygens (including phenoxy) is 1. The number of furan rings is 1. The molecule has 1 aliphatic rings. The Morgan fingerprint density at radius 1 is 1.27 bits per heavy atom. The van der Waals surface area contributed by atoms with Crippen molar-refractivity contribution < 1.29 is 17.6 Å². The Labute approximate surface area is 92.0 Å². The Morgan fingerprint density at radius 2 is 1.93 bits per heavy atom. The molecule has 1 aromatic heterocycles. The van der Waals surface area contributed by atoms with E-state index in [9.17, 15) is 8.42 Å². The van der Waals surface area contributed by atoms with Crippen LogP contribution < -0.4 is 4.90 Å². The second-order valence-corrected chi connectivity index (χ2v) is 5.63. The fourth-order valence-corrected chi connectivity index (χ4v) is 2.06. The predicted octanol–water partition coefficient (Wildman–Crippen LogP) is 1.04. The highest BCUT2D eigenvalue weighted by Crippen LogP contribution is 2.24. The first-order chi connectivity index (χ1) is 7.07. The molecule has 0 saturated carbocycles. The standard InChI is InChI=1S/C8H10ClNO4S/c9-15(11,12)8-2-1-7(14-8)10-3-5-13-6-4-10/h1-2H,3-6H2. The van der Waals surface area contributed by atoms with Crippen molar-refractivity contribution in [1.29, 1.82) is 0 Å². The van der Waals surface area contributed by atoms with Crippen molar-refractivity contribution in [3.8, 4) is 0 Å². The maximum Gasteiger partial charge on any atom is 0.294 e. The van der Waals surface area contributed by atoms with Gasteiger partial charge >= 0.3 is 0 Å². The summed E-state index contributed by atoms with van der Waals surface area (Å²) in [6, 6.07) is 2.95. The predicted molar refractivity (Wildman–Crippen MR) is 54.8 cm³/mol. The van der Waals surface area contributed by atoms with Crippen molar-refractivity contribution in [2.24, 2.45) is 0 Å². The molecule has 0 radical (unpaired) electrons. The second-order valence-electron chi connectivity index (χ2n) is 3.13. The van der Waals surface area contributed by atoms with Crippen molar-refractivity contribution in [2.75, 3.05) is 31.2 Å². The van der Waals surface area contributed by atoms with Gasteiger partial charge in [0.2, 0.25) is 5.09 Å². The second kappa shape index (κ2) is 4.03. The molecule has 1 aromatic rings. The molecule has 1 fully saturated rings. The molecule has 84 valence electrons. The molecular formula is C8H10ClNO4S. The van der Waals surface area contributed by atoms with Crippen LogP contribution in [0.5, 0.6) is 0 Å². The van der Waals surface area contributed by atoms with Gasteiger partial charge in [-0.2, -0.15) is 0 Å². The highest BCUT2D eigenvalue weighted by atomic mass is 35.7. The van der Waals surface area contributed by atoms with Crippen molar-refractivity contribution >= 4 is 25.6 Å². The maximum absolute atomic E-state index is 11.0. The smallest absolute Gasteiger partial charge is 0.294 e. The van der Waals surface area contributed by atoms with E-state index in [2.05, 4.69) is 0 Å².